The van der Waals surface area contributed by atoms with Crippen LogP contribution < -0.4 is 5.32 Å². The molecule has 0 fully saturated rings. The largest absolute Gasteiger partial charge is 0.381 e. The van der Waals surface area contributed by atoms with Gasteiger partial charge in [0, 0.05) is 33.9 Å². The first-order chi connectivity index (χ1) is 7.52. The molecule has 0 saturated heterocycles. The molecular weight excluding hydrogens is 244 g/mol. The van der Waals surface area contributed by atoms with E-state index in [1.165, 1.54) is 0 Å². The molecule has 0 aliphatic carbocycles. The van der Waals surface area contributed by atoms with E-state index in [0.717, 1.165) is 0 Å². The minimum Gasteiger partial charge on any atom is -0.381 e. The number of nitriles is 1. The summed E-state index contributed by atoms with van der Waals surface area (Å²) in [4.78, 5) is 0. The summed E-state index contributed by atoms with van der Waals surface area (Å²) in [6.45, 7) is 1.92. The number of nitrogens with one attached hydrogen (secondary N) is 1. The molecule has 2 unspecified atom stereocenters. The van der Waals surface area contributed by atoms with Gasteiger partial charge in [0.1, 0.15) is 6.07 Å². The summed E-state index contributed by atoms with van der Waals surface area (Å²) >= 11 is 5.85. The van der Waals surface area contributed by atoms with Gasteiger partial charge in [-0.1, -0.05) is 11.6 Å². The fourth-order valence-electron chi connectivity index (χ4n) is 1.39. The zero-order valence-electron chi connectivity index (χ0n) is 9.16. The average Bonchev–Trinajstić information content (AvgIpc) is 2.16. The zero-order chi connectivity index (χ0) is 12.1. The van der Waals surface area contributed by atoms with Crippen molar-refractivity contribution >= 4 is 28.1 Å². The van der Waals surface area contributed by atoms with Gasteiger partial charge in [0.2, 0.25) is 0 Å². The van der Waals surface area contributed by atoms with Gasteiger partial charge in [-0.3, -0.25) is 4.21 Å². The molecule has 0 aromatic heterocycles. The Balaban J connectivity index is 2.84. The molecule has 0 aliphatic rings. The molecule has 1 rings (SSSR count). The lowest BCUT2D eigenvalue weighted by Crippen LogP contribution is -2.22. The molecule has 1 aromatic carbocycles. The van der Waals surface area contributed by atoms with Crippen LogP contribution in [0.25, 0.3) is 0 Å². The number of halogens is 1. The zero-order valence-corrected chi connectivity index (χ0v) is 10.7. The van der Waals surface area contributed by atoms with Crippen molar-refractivity contribution in [2.45, 2.75) is 13.0 Å². The van der Waals surface area contributed by atoms with Crippen LogP contribution in [0.3, 0.4) is 0 Å². The highest BCUT2D eigenvalue weighted by Gasteiger charge is 2.08. The molecule has 2 atom stereocenters. The van der Waals surface area contributed by atoms with Crippen molar-refractivity contribution in [3.63, 3.8) is 0 Å². The average molecular weight is 257 g/mol. The molecule has 0 aliphatic heterocycles. The Morgan fingerprint density at radius 3 is 2.88 bits per heavy atom. The van der Waals surface area contributed by atoms with Gasteiger partial charge < -0.3 is 5.32 Å². The maximum atomic E-state index is 11.0. The van der Waals surface area contributed by atoms with Gasteiger partial charge in [0.25, 0.3) is 0 Å². The quantitative estimate of drug-likeness (QED) is 0.900. The summed E-state index contributed by atoms with van der Waals surface area (Å²) < 4.78 is 11.0. The molecule has 86 valence electrons. The lowest BCUT2D eigenvalue weighted by atomic mass is 10.2. The Kier molecular flexibility index (Phi) is 4.78. The van der Waals surface area contributed by atoms with Crippen molar-refractivity contribution < 1.29 is 4.21 Å². The van der Waals surface area contributed by atoms with Gasteiger partial charge in [0.05, 0.1) is 11.3 Å². The first-order valence-electron chi connectivity index (χ1n) is 4.79. The summed E-state index contributed by atoms with van der Waals surface area (Å²) in [6.07, 6.45) is 1.65. The lowest BCUT2D eigenvalue weighted by molar-refractivity contribution is 0.683. The Morgan fingerprint density at radius 2 is 2.31 bits per heavy atom. The smallest absolute Gasteiger partial charge is 0.101 e. The van der Waals surface area contributed by atoms with E-state index in [1.54, 1.807) is 24.5 Å². The third-order valence-corrected chi connectivity index (χ3v) is 3.19. The molecule has 1 aromatic rings. The highest BCUT2D eigenvalue weighted by Crippen LogP contribution is 2.21. The van der Waals surface area contributed by atoms with E-state index in [1.807, 2.05) is 6.92 Å². The molecule has 5 heteroatoms. The van der Waals surface area contributed by atoms with Crippen molar-refractivity contribution in [2.24, 2.45) is 0 Å². The molecule has 0 saturated carbocycles. The van der Waals surface area contributed by atoms with E-state index >= 15 is 0 Å². The summed E-state index contributed by atoms with van der Waals surface area (Å²) in [6, 6.07) is 7.17. The van der Waals surface area contributed by atoms with Crippen LogP contribution in [0.15, 0.2) is 18.2 Å². The maximum absolute atomic E-state index is 11.0. The van der Waals surface area contributed by atoms with Gasteiger partial charge in [0.15, 0.2) is 0 Å². The summed E-state index contributed by atoms with van der Waals surface area (Å²) in [5.74, 6) is 0.539. The highest BCUT2D eigenvalue weighted by molar-refractivity contribution is 7.84. The SMILES string of the molecule is CC(CS(C)=O)Nc1cc(Cl)ccc1C#N. The third-order valence-electron chi connectivity index (χ3n) is 1.99. The number of anilines is 1. The highest BCUT2D eigenvalue weighted by atomic mass is 35.5. The molecular formula is C11H13ClN2OS. The predicted molar refractivity (Wildman–Crippen MR) is 68.2 cm³/mol. The van der Waals surface area contributed by atoms with Crippen LogP contribution >= 0.6 is 11.6 Å². The van der Waals surface area contributed by atoms with E-state index in [9.17, 15) is 4.21 Å². The van der Waals surface area contributed by atoms with Crippen LogP contribution in [0.1, 0.15) is 12.5 Å². The lowest BCUT2D eigenvalue weighted by Gasteiger charge is -2.15. The van der Waals surface area contributed by atoms with Crippen LogP contribution in [-0.2, 0) is 10.8 Å². The van der Waals surface area contributed by atoms with Gasteiger partial charge in [-0.25, -0.2) is 0 Å². The van der Waals surface area contributed by atoms with Crippen molar-refractivity contribution in [3.8, 4) is 6.07 Å². The van der Waals surface area contributed by atoms with Crippen LogP contribution in [-0.4, -0.2) is 22.3 Å². The number of benzene rings is 1. The molecule has 0 heterocycles. The van der Waals surface area contributed by atoms with Crippen LogP contribution in [0.4, 0.5) is 5.69 Å². The number of rotatable bonds is 4. The Morgan fingerprint density at radius 1 is 1.62 bits per heavy atom. The fourth-order valence-corrected chi connectivity index (χ4v) is 2.35. The summed E-state index contributed by atoms with van der Waals surface area (Å²) in [5.41, 5.74) is 1.23. The minimum atomic E-state index is -0.862. The molecule has 0 bridgehead atoms. The van der Waals surface area contributed by atoms with Crippen molar-refractivity contribution in [1.82, 2.24) is 0 Å². The Hall–Kier alpha value is -1.05. The molecule has 0 radical (unpaired) electrons. The first-order valence-corrected chi connectivity index (χ1v) is 6.89. The standard InChI is InChI=1S/C11H13ClN2OS/c1-8(7-16(2)15)14-11-5-10(12)4-3-9(11)6-13/h3-5,8,14H,7H2,1-2H3. The number of hydrogen-bond acceptors (Lipinski definition) is 3. The second-order valence-electron chi connectivity index (χ2n) is 3.59. The van der Waals surface area contributed by atoms with Gasteiger partial charge in [-0.05, 0) is 25.1 Å². The van der Waals surface area contributed by atoms with Crippen LogP contribution in [0.5, 0.6) is 0 Å². The second kappa shape index (κ2) is 5.88. The van der Waals surface area contributed by atoms with Gasteiger partial charge in [-0.15, -0.1) is 0 Å². The van der Waals surface area contributed by atoms with E-state index in [4.69, 9.17) is 16.9 Å². The third kappa shape index (κ3) is 3.84. The number of nitrogens with zero attached hydrogens (tertiary/aromatic N) is 1. The molecule has 16 heavy (non-hydrogen) atoms. The fraction of sp³-hybridized carbons (Fsp3) is 0.364. The Labute approximate surface area is 103 Å². The topological polar surface area (TPSA) is 52.9 Å². The predicted octanol–water partition coefficient (Wildman–Crippen LogP) is 2.39. The molecule has 3 nitrogen and oxygen atoms in total. The van der Waals surface area contributed by atoms with E-state index in [0.29, 0.717) is 22.0 Å². The molecule has 0 amide bonds. The van der Waals surface area contributed by atoms with E-state index in [2.05, 4.69) is 11.4 Å². The van der Waals surface area contributed by atoms with E-state index < -0.39 is 10.8 Å². The molecule has 0 spiro atoms. The normalized spacial score (nSPS) is 13.9. The first kappa shape index (κ1) is 13.0. The van der Waals surface area contributed by atoms with Gasteiger partial charge >= 0.3 is 0 Å². The van der Waals surface area contributed by atoms with Crippen molar-refractivity contribution in [3.05, 3.63) is 28.8 Å². The minimum absolute atomic E-state index is 0.0383. The van der Waals surface area contributed by atoms with Crippen LogP contribution in [0.2, 0.25) is 5.02 Å². The second-order valence-corrected chi connectivity index (χ2v) is 5.50. The van der Waals surface area contributed by atoms with Gasteiger partial charge in [-0.2, -0.15) is 5.26 Å². The van der Waals surface area contributed by atoms with E-state index in [-0.39, 0.29) is 6.04 Å². The van der Waals surface area contributed by atoms with Crippen molar-refractivity contribution in [1.29, 1.82) is 5.26 Å². The van der Waals surface area contributed by atoms with Crippen LogP contribution in [0, 0.1) is 11.3 Å². The molecule has 1 N–H and O–H groups in total. The number of hydrogen-bond donors (Lipinski definition) is 1. The monoisotopic (exact) mass is 256 g/mol. The maximum Gasteiger partial charge on any atom is 0.101 e. The summed E-state index contributed by atoms with van der Waals surface area (Å²) in [7, 11) is -0.862. The van der Waals surface area contributed by atoms with Crippen molar-refractivity contribution in [2.75, 3.05) is 17.3 Å². The Bertz CT molecular complexity index is 442. The summed E-state index contributed by atoms with van der Waals surface area (Å²) in [5, 5.41) is 12.6.